The Morgan fingerprint density at radius 1 is 0.791 bits per heavy atom. The van der Waals surface area contributed by atoms with Crippen LogP contribution in [0.15, 0.2) is 48.2 Å². The second-order valence-corrected chi connectivity index (χ2v) is 7.30. The highest BCUT2D eigenvalue weighted by molar-refractivity contribution is 6.00. The maximum atomic E-state index is 11.6. The number of carbonyl (C=O) groups excluding carboxylic acids is 4. The van der Waals surface area contributed by atoms with E-state index in [-0.39, 0.29) is 26.3 Å². The van der Waals surface area contributed by atoms with Crippen molar-refractivity contribution in [1.29, 1.82) is 0 Å². The highest BCUT2D eigenvalue weighted by atomic mass is 16.5. The van der Waals surface area contributed by atoms with Crippen molar-refractivity contribution in [2.24, 2.45) is 0 Å². The van der Waals surface area contributed by atoms with E-state index in [1.54, 1.807) is 32.4 Å². The second-order valence-electron chi connectivity index (χ2n) is 7.30. The lowest BCUT2D eigenvalue weighted by Gasteiger charge is -2.13. The molecule has 2 aromatic rings. The summed E-state index contributed by atoms with van der Waals surface area (Å²) in [6.45, 7) is 5.04. The van der Waals surface area contributed by atoms with Crippen molar-refractivity contribution in [1.82, 2.24) is 0 Å². The van der Waals surface area contributed by atoms with Gasteiger partial charge in [0.2, 0.25) is 5.78 Å². The molecule has 0 spiro atoms. The van der Waals surface area contributed by atoms with E-state index in [4.69, 9.17) is 20.3 Å². The average Bonchev–Trinajstić information content (AvgIpc) is 2.98. The summed E-state index contributed by atoms with van der Waals surface area (Å²) >= 11 is 0. The van der Waals surface area contributed by atoms with Gasteiger partial charge in [-0.2, -0.15) is 0 Å². The molecule has 0 aliphatic carbocycles. The van der Waals surface area contributed by atoms with Gasteiger partial charge in [-0.25, -0.2) is 14.4 Å². The zero-order valence-electron chi connectivity index (χ0n) is 24.7. The SMILES string of the molecule is C.C.CO.COC(=O)/C=C(/Nc1cccc(OC)c1C)C(=O)OC.COC(=O)C#CC(C)=O.COc1cccc(N)c1C. The summed E-state index contributed by atoms with van der Waals surface area (Å²) in [4.78, 5) is 43.2. The fourth-order valence-electron chi connectivity index (χ4n) is 2.59. The molecule has 2 aromatic carbocycles. The molecule has 0 fully saturated rings. The second kappa shape index (κ2) is 25.9. The average molecular weight is 607 g/mol. The first-order chi connectivity index (χ1) is 19.4. The first kappa shape index (κ1) is 45.0. The molecule has 0 saturated heterocycles. The Balaban J connectivity index is -0.000000279. The molecule has 0 radical (unpaired) electrons. The Kier molecular flexibility index (Phi) is 27.1. The van der Waals surface area contributed by atoms with Crippen LogP contribution in [0.1, 0.15) is 32.9 Å². The first-order valence-corrected chi connectivity index (χ1v) is 11.7. The Morgan fingerprint density at radius 2 is 1.30 bits per heavy atom. The van der Waals surface area contributed by atoms with Gasteiger partial charge in [-0.3, -0.25) is 4.79 Å². The van der Waals surface area contributed by atoms with Crippen molar-refractivity contribution in [3.8, 4) is 23.3 Å². The normalized spacial score (nSPS) is 8.74. The van der Waals surface area contributed by atoms with Gasteiger partial charge in [-0.15, -0.1) is 0 Å². The van der Waals surface area contributed by atoms with Gasteiger partial charge in [0, 0.05) is 42.5 Å². The van der Waals surface area contributed by atoms with Crippen LogP contribution in [0.5, 0.6) is 11.5 Å². The number of benzene rings is 2. The quantitative estimate of drug-likeness (QED) is 0.0825. The number of nitrogens with two attached hydrogens (primary N) is 1. The molecule has 0 atom stereocenters. The number of aliphatic hydroxyl groups is 1. The van der Waals surface area contributed by atoms with E-state index in [2.05, 4.69) is 19.5 Å². The number of anilines is 2. The molecule has 0 aromatic heterocycles. The predicted molar refractivity (Wildman–Crippen MR) is 168 cm³/mol. The van der Waals surface area contributed by atoms with E-state index in [9.17, 15) is 19.2 Å². The van der Waals surface area contributed by atoms with Crippen molar-refractivity contribution < 1.29 is 48.0 Å². The highest BCUT2D eigenvalue weighted by Gasteiger charge is 2.14. The number of nitrogen functional groups attached to an aromatic ring is 1. The summed E-state index contributed by atoms with van der Waals surface area (Å²) in [5.74, 6) is 3.16. The van der Waals surface area contributed by atoms with Crippen molar-refractivity contribution in [3.05, 3.63) is 59.3 Å². The summed E-state index contributed by atoms with van der Waals surface area (Å²) in [5, 5.41) is 9.84. The van der Waals surface area contributed by atoms with Gasteiger partial charge >= 0.3 is 17.9 Å². The molecule has 0 saturated carbocycles. The topological polar surface area (TPSA) is 173 Å². The molecule has 43 heavy (non-hydrogen) atoms. The molecule has 0 unspecified atom stereocenters. The Hall–Kier alpha value is -5.02. The van der Waals surface area contributed by atoms with E-state index in [0.29, 0.717) is 11.4 Å². The van der Waals surface area contributed by atoms with Crippen LogP contribution >= 0.6 is 0 Å². The minimum Gasteiger partial charge on any atom is -0.496 e. The number of esters is 3. The third-order valence-electron chi connectivity index (χ3n) is 4.71. The van der Waals surface area contributed by atoms with Crippen LogP contribution in [0.2, 0.25) is 0 Å². The molecule has 4 N–H and O–H groups in total. The van der Waals surface area contributed by atoms with Crippen LogP contribution in [-0.4, -0.2) is 71.5 Å². The lowest BCUT2D eigenvalue weighted by Crippen LogP contribution is -2.16. The third-order valence-corrected chi connectivity index (χ3v) is 4.71. The first-order valence-electron chi connectivity index (χ1n) is 11.7. The Labute approximate surface area is 255 Å². The molecule has 0 aliphatic heterocycles. The van der Waals surface area contributed by atoms with E-state index >= 15 is 0 Å². The van der Waals surface area contributed by atoms with Gasteiger partial charge < -0.3 is 39.8 Å². The van der Waals surface area contributed by atoms with Gasteiger partial charge in [0.25, 0.3) is 0 Å². The van der Waals surface area contributed by atoms with Gasteiger partial charge in [-0.05, 0) is 44.0 Å². The summed E-state index contributed by atoms with van der Waals surface area (Å²) < 4.78 is 23.5. The van der Waals surface area contributed by atoms with E-state index in [0.717, 1.165) is 35.7 Å². The molecule has 240 valence electrons. The fraction of sp³-hybridized carbons (Fsp3) is 0.355. The molecule has 0 heterocycles. The smallest absolute Gasteiger partial charge is 0.384 e. The number of aliphatic hydroxyl groups excluding tert-OH is 1. The number of ether oxygens (including phenoxy) is 5. The van der Waals surface area contributed by atoms with Crippen molar-refractivity contribution in [2.75, 3.05) is 53.7 Å². The van der Waals surface area contributed by atoms with Gasteiger partial charge in [0.15, 0.2) is 0 Å². The number of methoxy groups -OCH3 is 5. The van der Waals surface area contributed by atoms with Crippen LogP contribution in [0.4, 0.5) is 11.4 Å². The van der Waals surface area contributed by atoms with Crippen LogP contribution in [0.3, 0.4) is 0 Å². The number of carbonyl (C=O) groups is 4. The highest BCUT2D eigenvalue weighted by Crippen LogP contribution is 2.26. The minimum absolute atomic E-state index is 0. The monoisotopic (exact) mass is 606 g/mol. The van der Waals surface area contributed by atoms with Gasteiger partial charge in [0.05, 0.1) is 41.6 Å². The number of nitrogens with one attached hydrogen (secondary N) is 1. The molecule has 0 aliphatic rings. The van der Waals surface area contributed by atoms with E-state index in [1.807, 2.05) is 43.9 Å². The number of Topliss-reactive ketones (excluding diaryl/α,β-unsaturated/α-hetero) is 1. The molecular formula is C31H46N2O10. The molecule has 12 nitrogen and oxygen atoms in total. The Bertz CT molecular complexity index is 1240. The third kappa shape index (κ3) is 18.1. The summed E-state index contributed by atoms with van der Waals surface area (Å²) in [6.07, 6.45) is 1.03. The van der Waals surface area contributed by atoms with Crippen molar-refractivity contribution >= 4 is 35.1 Å². The minimum atomic E-state index is -0.690. The zero-order chi connectivity index (χ0) is 32.0. The van der Waals surface area contributed by atoms with E-state index < -0.39 is 17.9 Å². The molecule has 12 heteroatoms. The zero-order valence-corrected chi connectivity index (χ0v) is 24.7. The number of ketones is 1. The summed E-state index contributed by atoms with van der Waals surface area (Å²) in [7, 11) is 7.86. The maximum Gasteiger partial charge on any atom is 0.384 e. The molecule has 0 bridgehead atoms. The van der Waals surface area contributed by atoms with Crippen LogP contribution in [-0.2, 0) is 33.4 Å². The predicted octanol–water partition coefficient (Wildman–Crippen LogP) is 3.86. The molecule has 2 rings (SSSR count). The number of hydrogen-bond acceptors (Lipinski definition) is 12. The lowest BCUT2D eigenvalue weighted by molar-refractivity contribution is -0.138. The van der Waals surface area contributed by atoms with Gasteiger partial charge in [-0.1, -0.05) is 27.0 Å². The van der Waals surface area contributed by atoms with Crippen molar-refractivity contribution in [2.45, 2.75) is 35.6 Å². The van der Waals surface area contributed by atoms with Crippen LogP contribution in [0, 0.1) is 25.7 Å². The standard InChI is InChI=1S/C14H17NO5.C8H11NO.C6H6O3.CH4O.2CH4/c1-9-10(6-5-7-12(9)18-2)15-11(14(17)20-4)8-13(16)19-3;1-6-7(9)4-3-5-8(6)10-2;1-5(7)3-4-6(8)9-2;1-2;;/h5-8,15H,1-4H3;3-5H,9H2,1-2H3;1-2H3;2H,1H3;2*1H4/b11-8+;;;;;. The fourth-order valence-corrected chi connectivity index (χ4v) is 2.59. The van der Waals surface area contributed by atoms with Crippen molar-refractivity contribution in [3.63, 3.8) is 0 Å². The van der Waals surface area contributed by atoms with E-state index in [1.165, 1.54) is 28.3 Å². The summed E-state index contributed by atoms with van der Waals surface area (Å²) in [6, 6.07) is 10.9. The lowest BCUT2D eigenvalue weighted by atomic mass is 10.1. The number of hydrogen-bond donors (Lipinski definition) is 3. The molecule has 0 amide bonds. The maximum absolute atomic E-state index is 11.6. The van der Waals surface area contributed by atoms with Crippen LogP contribution < -0.4 is 20.5 Å². The Morgan fingerprint density at radius 3 is 1.72 bits per heavy atom. The molecular weight excluding hydrogens is 560 g/mol. The van der Waals surface area contributed by atoms with Crippen LogP contribution in [0.25, 0.3) is 0 Å². The van der Waals surface area contributed by atoms with Gasteiger partial charge in [0.1, 0.15) is 17.2 Å². The largest absolute Gasteiger partial charge is 0.496 e. The summed E-state index contributed by atoms with van der Waals surface area (Å²) in [5.41, 5.74) is 8.81. The number of rotatable bonds is 6.